The molecule has 0 bridgehead atoms. The van der Waals surface area contributed by atoms with Crippen molar-refractivity contribution in [1.82, 2.24) is 4.90 Å². The summed E-state index contributed by atoms with van der Waals surface area (Å²) in [4.78, 5) is 22.0. The Kier molecular flexibility index (Phi) is 7.07. The summed E-state index contributed by atoms with van der Waals surface area (Å²) in [5.41, 5.74) is 0.331. The van der Waals surface area contributed by atoms with Gasteiger partial charge < -0.3 is 10.2 Å². The van der Waals surface area contributed by atoms with E-state index in [9.17, 15) is 9.59 Å². The molecule has 1 aromatic carbocycles. The van der Waals surface area contributed by atoms with Crippen molar-refractivity contribution >= 4 is 11.9 Å². The molecule has 5 nitrogen and oxygen atoms in total. The Morgan fingerprint density at radius 1 is 1.22 bits per heavy atom. The van der Waals surface area contributed by atoms with E-state index in [1.54, 1.807) is 49.3 Å². The van der Waals surface area contributed by atoms with E-state index in [4.69, 9.17) is 10.2 Å². The predicted molar refractivity (Wildman–Crippen MR) is 68.7 cm³/mol. The average Bonchev–Trinajstić information content (AvgIpc) is 2.30. The number of carboxylic acids is 2. The largest absolute Gasteiger partial charge is 0.480 e. The molecule has 0 heterocycles. The SMILES string of the molecule is C=CC(C(=O)O)N(C)C.O=C(O)c1ccccc1. The molecule has 0 fully saturated rings. The maximum absolute atomic E-state index is 10.3. The first kappa shape index (κ1) is 15.9. The van der Waals surface area contributed by atoms with E-state index in [1.165, 1.54) is 6.08 Å². The zero-order valence-corrected chi connectivity index (χ0v) is 10.4. The summed E-state index contributed by atoms with van der Waals surface area (Å²) in [5.74, 6) is -1.74. The highest BCUT2D eigenvalue weighted by Crippen LogP contribution is 1.96. The van der Waals surface area contributed by atoms with E-state index in [0.717, 1.165) is 0 Å². The second-order valence-corrected chi connectivity index (χ2v) is 3.65. The van der Waals surface area contributed by atoms with Crippen LogP contribution in [-0.4, -0.2) is 47.2 Å². The van der Waals surface area contributed by atoms with Crippen molar-refractivity contribution in [2.45, 2.75) is 6.04 Å². The molecule has 0 spiro atoms. The Morgan fingerprint density at radius 3 is 1.89 bits per heavy atom. The molecule has 0 aromatic heterocycles. The summed E-state index contributed by atoms with van der Waals surface area (Å²) in [5, 5.41) is 16.8. The van der Waals surface area contributed by atoms with Gasteiger partial charge >= 0.3 is 11.9 Å². The molecule has 5 heteroatoms. The Morgan fingerprint density at radius 2 is 1.72 bits per heavy atom. The van der Waals surface area contributed by atoms with Crippen LogP contribution in [0, 0.1) is 0 Å². The third kappa shape index (κ3) is 5.81. The minimum Gasteiger partial charge on any atom is -0.480 e. The van der Waals surface area contributed by atoms with Crippen molar-refractivity contribution in [1.29, 1.82) is 0 Å². The fourth-order valence-corrected chi connectivity index (χ4v) is 1.11. The zero-order valence-electron chi connectivity index (χ0n) is 10.4. The number of nitrogens with zero attached hydrogens (tertiary/aromatic N) is 1. The number of aromatic carboxylic acids is 1. The number of aliphatic carboxylic acids is 1. The summed E-state index contributed by atoms with van der Waals surface area (Å²) in [7, 11) is 3.39. The number of hydrogen-bond donors (Lipinski definition) is 2. The Labute approximate surface area is 106 Å². The minimum atomic E-state index is -0.879. The minimum absolute atomic E-state index is 0.331. The second-order valence-electron chi connectivity index (χ2n) is 3.65. The predicted octanol–water partition coefficient (Wildman–Crippen LogP) is 1.57. The van der Waals surface area contributed by atoms with Crippen LogP contribution in [0.2, 0.25) is 0 Å². The molecule has 0 aliphatic carbocycles. The van der Waals surface area contributed by atoms with E-state index in [1.807, 2.05) is 0 Å². The molecule has 0 saturated heterocycles. The van der Waals surface area contributed by atoms with Crippen molar-refractivity contribution < 1.29 is 19.8 Å². The van der Waals surface area contributed by atoms with Crippen LogP contribution in [0.25, 0.3) is 0 Å². The van der Waals surface area contributed by atoms with Gasteiger partial charge in [0.1, 0.15) is 6.04 Å². The van der Waals surface area contributed by atoms with Gasteiger partial charge in [-0.05, 0) is 26.2 Å². The quantitative estimate of drug-likeness (QED) is 0.794. The fourth-order valence-electron chi connectivity index (χ4n) is 1.11. The van der Waals surface area contributed by atoms with Gasteiger partial charge in [-0.15, -0.1) is 6.58 Å². The number of carboxylic acid groups (broad SMARTS) is 2. The molecule has 0 aliphatic rings. The van der Waals surface area contributed by atoms with Gasteiger partial charge in [-0.3, -0.25) is 9.69 Å². The third-order valence-corrected chi connectivity index (χ3v) is 2.05. The molecule has 1 atom stereocenters. The van der Waals surface area contributed by atoms with Crippen LogP contribution in [0.4, 0.5) is 0 Å². The normalized spacial score (nSPS) is 11.1. The highest BCUT2D eigenvalue weighted by atomic mass is 16.4. The molecule has 0 amide bonds. The topological polar surface area (TPSA) is 77.8 Å². The number of likely N-dealkylation sites (N-methyl/N-ethyl adjacent to an activating group) is 1. The van der Waals surface area contributed by atoms with Crippen molar-refractivity contribution in [3.8, 4) is 0 Å². The molecular formula is C13H17NO4. The lowest BCUT2D eigenvalue weighted by Crippen LogP contribution is -2.33. The van der Waals surface area contributed by atoms with E-state index in [2.05, 4.69) is 6.58 Å². The smallest absolute Gasteiger partial charge is 0.335 e. The van der Waals surface area contributed by atoms with Gasteiger partial charge in [0, 0.05) is 0 Å². The first-order valence-electron chi connectivity index (χ1n) is 5.20. The van der Waals surface area contributed by atoms with E-state index < -0.39 is 18.0 Å². The second kappa shape index (κ2) is 8.03. The molecule has 0 aliphatic heterocycles. The van der Waals surface area contributed by atoms with Gasteiger partial charge in [0.05, 0.1) is 5.56 Å². The maximum atomic E-state index is 10.3. The highest BCUT2D eigenvalue weighted by molar-refractivity contribution is 5.87. The van der Waals surface area contributed by atoms with E-state index in [-0.39, 0.29) is 0 Å². The van der Waals surface area contributed by atoms with E-state index >= 15 is 0 Å². The molecule has 0 saturated carbocycles. The maximum Gasteiger partial charge on any atom is 0.335 e. The molecule has 98 valence electrons. The lowest BCUT2D eigenvalue weighted by atomic mass is 10.2. The van der Waals surface area contributed by atoms with Gasteiger partial charge in [-0.2, -0.15) is 0 Å². The van der Waals surface area contributed by atoms with Gasteiger partial charge in [-0.25, -0.2) is 4.79 Å². The first-order chi connectivity index (χ1) is 8.40. The standard InChI is InChI=1S/C7H6O2.C6H11NO2/c8-7(9)6-4-2-1-3-5-6;1-4-5(6(8)9)7(2)3/h1-5H,(H,8,9);4-5H,1H2,2-3H3,(H,8,9). The van der Waals surface area contributed by atoms with Gasteiger partial charge in [-0.1, -0.05) is 24.3 Å². The zero-order chi connectivity index (χ0) is 14.1. The van der Waals surface area contributed by atoms with Crippen LogP contribution in [0.3, 0.4) is 0 Å². The third-order valence-electron chi connectivity index (χ3n) is 2.05. The van der Waals surface area contributed by atoms with Gasteiger partial charge in [0.25, 0.3) is 0 Å². The monoisotopic (exact) mass is 251 g/mol. The molecule has 1 unspecified atom stereocenters. The van der Waals surface area contributed by atoms with Crippen LogP contribution in [-0.2, 0) is 4.79 Å². The van der Waals surface area contributed by atoms with E-state index in [0.29, 0.717) is 5.56 Å². The van der Waals surface area contributed by atoms with Crippen LogP contribution < -0.4 is 0 Å². The lowest BCUT2D eigenvalue weighted by molar-refractivity contribution is -0.140. The number of benzene rings is 1. The van der Waals surface area contributed by atoms with Crippen LogP contribution in [0.5, 0.6) is 0 Å². The number of carbonyl (C=O) groups is 2. The van der Waals surface area contributed by atoms with Crippen LogP contribution in [0.1, 0.15) is 10.4 Å². The highest BCUT2D eigenvalue weighted by Gasteiger charge is 2.13. The average molecular weight is 251 g/mol. The van der Waals surface area contributed by atoms with Crippen LogP contribution in [0.15, 0.2) is 43.0 Å². The van der Waals surface area contributed by atoms with Crippen molar-refractivity contribution in [2.24, 2.45) is 0 Å². The molecular weight excluding hydrogens is 234 g/mol. The van der Waals surface area contributed by atoms with Gasteiger partial charge in [0.2, 0.25) is 0 Å². The molecule has 1 rings (SSSR count). The molecule has 0 radical (unpaired) electrons. The summed E-state index contributed by atoms with van der Waals surface area (Å²) < 4.78 is 0. The summed E-state index contributed by atoms with van der Waals surface area (Å²) in [6.07, 6.45) is 1.39. The van der Waals surface area contributed by atoms with Crippen molar-refractivity contribution in [2.75, 3.05) is 14.1 Å². The molecule has 18 heavy (non-hydrogen) atoms. The fraction of sp³-hybridized carbons (Fsp3) is 0.231. The molecule has 1 aromatic rings. The van der Waals surface area contributed by atoms with Crippen molar-refractivity contribution in [3.63, 3.8) is 0 Å². The summed E-state index contributed by atoms with van der Waals surface area (Å²) in [6.45, 7) is 3.38. The molecule has 2 N–H and O–H groups in total. The van der Waals surface area contributed by atoms with Crippen molar-refractivity contribution in [3.05, 3.63) is 48.6 Å². The Bertz CT molecular complexity index is 401. The summed E-state index contributed by atoms with van der Waals surface area (Å²) in [6, 6.07) is 7.73. The number of hydrogen-bond acceptors (Lipinski definition) is 3. The summed E-state index contributed by atoms with van der Waals surface area (Å²) >= 11 is 0. The van der Waals surface area contributed by atoms with Gasteiger partial charge in [0.15, 0.2) is 0 Å². The number of rotatable bonds is 4. The lowest BCUT2D eigenvalue weighted by Gasteiger charge is -2.14. The first-order valence-corrected chi connectivity index (χ1v) is 5.20. The van der Waals surface area contributed by atoms with Crippen LogP contribution >= 0.6 is 0 Å². The Hall–Kier alpha value is -2.14. The Balaban J connectivity index is 0.000000321.